The van der Waals surface area contributed by atoms with Crippen LogP contribution in [0.3, 0.4) is 0 Å². The van der Waals surface area contributed by atoms with Crippen molar-refractivity contribution < 1.29 is 36.9 Å². The Kier molecular flexibility index (Phi) is 17.5. The Labute approximate surface area is 61.4 Å². The molecular weight excluding hydrogens is 178 g/mol. The van der Waals surface area contributed by atoms with Gasteiger partial charge in [-0.05, 0) is 0 Å². The minimum atomic E-state index is -1.82. The monoisotopic (exact) mass is 180 g/mol. The van der Waals surface area contributed by atoms with Gasteiger partial charge >= 0.3 is 11.9 Å². The standard InChI is InChI=1S/C2H2O4.CHN.Cu/c3-1(4)2(5)6;1-2;/h(H,3,4)(H,5,6);1H;. The maximum absolute atomic E-state index is 9.10. The zero-order valence-electron chi connectivity index (χ0n) is 4.04. The van der Waals surface area contributed by atoms with E-state index in [4.69, 9.17) is 25.1 Å². The van der Waals surface area contributed by atoms with Crippen molar-refractivity contribution in [3.63, 3.8) is 0 Å². The van der Waals surface area contributed by atoms with E-state index in [1.54, 1.807) is 0 Å². The van der Waals surface area contributed by atoms with Crippen LogP contribution in [0.2, 0.25) is 0 Å². The van der Waals surface area contributed by atoms with Crippen molar-refractivity contribution in [3.05, 3.63) is 0 Å². The molecule has 55 valence electrons. The SMILES string of the molecule is C#N.O=C(O)C(=O)O.[Cu]. The van der Waals surface area contributed by atoms with Gasteiger partial charge in [-0.25, -0.2) is 14.9 Å². The minimum absolute atomic E-state index is 0. The van der Waals surface area contributed by atoms with Crippen LogP contribution in [0.1, 0.15) is 0 Å². The Bertz CT molecular complexity index is 108. The molecule has 0 aliphatic rings. The molecule has 0 rings (SSSR count). The van der Waals surface area contributed by atoms with Gasteiger partial charge < -0.3 is 10.2 Å². The molecular formula is C3H3CuNO4. The van der Waals surface area contributed by atoms with Crippen molar-refractivity contribution in [1.82, 2.24) is 0 Å². The number of nitriles is 1. The number of rotatable bonds is 0. The Morgan fingerprint density at radius 3 is 1.22 bits per heavy atom. The van der Waals surface area contributed by atoms with Crippen molar-refractivity contribution in [1.29, 1.82) is 5.26 Å². The number of hydrogen-bond acceptors (Lipinski definition) is 3. The van der Waals surface area contributed by atoms with E-state index >= 15 is 0 Å². The van der Waals surface area contributed by atoms with Crippen molar-refractivity contribution in [2.24, 2.45) is 0 Å². The minimum Gasteiger partial charge on any atom is -0.473 e. The fraction of sp³-hybridized carbons (Fsp3) is 0. The van der Waals surface area contributed by atoms with Crippen LogP contribution < -0.4 is 0 Å². The molecule has 9 heavy (non-hydrogen) atoms. The molecule has 0 saturated heterocycles. The van der Waals surface area contributed by atoms with E-state index in [9.17, 15) is 0 Å². The molecule has 2 N–H and O–H groups in total. The summed E-state index contributed by atoms with van der Waals surface area (Å²) < 4.78 is 0. The van der Waals surface area contributed by atoms with Crippen molar-refractivity contribution in [2.45, 2.75) is 0 Å². The van der Waals surface area contributed by atoms with Crippen LogP contribution >= 0.6 is 0 Å². The summed E-state index contributed by atoms with van der Waals surface area (Å²) in [6.45, 7) is 3.50. The van der Waals surface area contributed by atoms with Crippen LogP contribution in [0.5, 0.6) is 0 Å². The topological polar surface area (TPSA) is 98.4 Å². The van der Waals surface area contributed by atoms with Gasteiger partial charge in [0.15, 0.2) is 0 Å². The van der Waals surface area contributed by atoms with Gasteiger partial charge in [-0.15, -0.1) is 0 Å². The second kappa shape index (κ2) is 10.0. The fourth-order valence-electron chi connectivity index (χ4n) is 0. The first-order valence-electron chi connectivity index (χ1n) is 1.36. The van der Waals surface area contributed by atoms with Gasteiger partial charge in [-0.2, -0.15) is 0 Å². The Balaban J connectivity index is -0.000000109. The molecule has 6 heteroatoms. The molecule has 0 unspecified atom stereocenters. The van der Waals surface area contributed by atoms with E-state index in [1.807, 2.05) is 0 Å². The number of carboxylic acids is 2. The Morgan fingerprint density at radius 2 is 1.22 bits per heavy atom. The smallest absolute Gasteiger partial charge is 0.414 e. The third kappa shape index (κ3) is 19.6. The number of carboxylic acid groups (broad SMARTS) is 2. The average molecular weight is 181 g/mol. The molecule has 0 aliphatic carbocycles. The zero-order chi connectivity index (χ0) is 7.15. The van der Waals surface area contributed by atoms with Gasteiger partial charge in [0.2, 0.25) is 0 Å². The molecule has 0 spiro atoms. The van der Waals surface area contributed by atoms with E-state index in [0.717, 1.165) is 0 Å². The Hall–Kier alpha value is -1.05. The van der Waals surface area contributed by atoms with Crippen LogP contribution in [0.4, 0.5) is 0 Å². The molecule has 0 amide bonds. The zero-order valence-corrected chi connectivity index (χ0v) is 4.98. The quantitative estimate of drug-likeness (QED) is 0.379. The van der Waals surface area contributed by atoms with Gasteiger partial charge in [0.05, 0.1) is 0 Å². The third-order valence-electron chi connectivity index (χ3n) is 0.183. The predicted octanol–water partition coefficient (Wildman–Crippen LogP) is -0.707. The fourth-order valence-corrected chi connectivity index (χ4v) is 0. The van der Waals surface area contributed by atoms with Gasteiger partial charge in [0, 0.05) is 23.6 Å². The second-order valence-corrected chi connectivity index (χ2v) is 0.610. The maximum atomic E-state index is 9.10. The molecule has 0 heterocycles. The first kappa shape index (κ1) is 15.7. The predicted molar refractivity (Wildman–Crippen MR) is 21.9 cm³/mol. The normalized spacial score (nSPS) is 5.11. The first-order chi connectivity index (χ1) is 3.64. The summed E-state index contributed by atoms with van der Waals surface area (Å²) in [5.74, 6) is -3.65. The summed E-state index contributed by atoms with van der Waals surface area (Å²) >= 11 is 0. The van der Waals surface area contributed by atoms with Crippen LogP contribution in [-0.4, -0.2) is 22.2 Å². The summed E-state index contributed by atoms with van der Waals surface area (Å²) in [5, 5.41) is 21.3. The molecule has 0 saturated carbocycles. The molecule has 0 fully saturated rings. The van der Waals surface area contributed by atoms with E-state index in [-0.39, 0.29) is 17.1 Å². The third-order valence-corrected chi connectivity index (χ3v) is 0.183. The van der Waals surface area contributed by atoms with Crippen molar-refractivity contribution in [3.8, 4) is 6.57 Å². The molecule has 0 aromatic rings. The van der Waals surface area contributed by atoms with Crippen LogP contribution in [0.25, 0.3) is 0 Å². The molecule has 0 atom stereocenters. The van der Waals surface area contributed by atoms with Crippen LogP contribution in [0.15, 0.2) is 0 Å². The van der Waals surface area contributed by atoms with Gasteiger partial charge in [0.25, 0.3) is 0 Å². The maximum Gasteiger partial charge on any atom is 0.414 e. The molecule has 0 aromatic heterocycles. The number of hydrogen-bond donors (Lipinski definition) is 2. The van der Waals surface area contributed by atoms with Gasteiger partial charge in [-0.3, -0.25) is 0 Å². The molecule has 0 bridgehead atoms. The van der Waals surface area contributed by atoms with E-state index in [0.29, 0.717) is 0 Å². The number of aliphatic carboxylic acids is 2. The number of carbonyl (C=O) groups is 2. The van der Waals surface area contributed by atoms with Crippen molar-refractivity contribution in [2.75, 3.05) is 0 Å². The molecule has 0 aromatic carbocycles. The van der Waals surface area contributed by atoms with E-state index in [2.05, 4.69) is 6.57 Å². The molecule has 0 aliphatic heterocycles. The largest absolute Gasteiger partial charge is 0.473 e. The summed E-state index contributed by atoms with van der Waals surface area (Å²) in [7, 11) is 0. The summed E-state index contributed by atoms with van der Waals surface area (Å²) in [6, 6.07) is 0. The Morgan fingerprint density at radius 1 is 1.11 bits per heavy atom. The van der Waals surface area contributed by atoms with E-state index < -0.39 is 11.9 Å². The number of nitrogens with zero attached hydrogens (tertiary/aromatic N) is 1. The summed E-state index contributed by atoms with van der Waals surface area (Å²) in [5.41, 5.74) is 0. The second-order valence-electron chi connectivity index (χ2n) is 0.610. The van der Waals surface area contributed by atoms with Gasteiger partial charge in [0.1, 0.15) is 0 Å². The molecule has 5 nitrogen and oxygen atoms in total. The van der Waals surface area contributed by atoms with Crippen LogP contribution in [0, 0.1) is 11.8 Å². The van der Waals surface area contributed by atoms with E-state index in [1.165, 1.54) is 0 Å². The van der Waals surface area contributed by atoms with Gasteiger partial charge in [-0.1, -0.05) is 0 Å². The van der Waals surface area contributed by atoms with Crippen molar-refractivity contribution >= 4 is 11.9 Å². The first-order valence-corrected chi connectivity index (χ1v) is 1.36. The summed E-state index contributed by atoms with van der Waals surface area (Å²) in [6.07, 6.45) is 0. The summed E-state index contributed by atoms with van der Waals surface area (Å²) in [4.78, 5) is 18.2. The average Bonchev–Trinajstić information content (AvgIpc) is 1.72. The molecule has 1 radical (unpaired) electrons. The van der Waals surface area contributed by atoms with Crippen LogP contribution in [-0.2, 0) is 26.7 Å².